The fourth-order valence-corrected chi connectivity index (χ4v) is 9.92. The van der Waals surface area contributed by atoms with E-state index in [1.165, 1.54) is 16.5 Å². The molecule has 318 valence electrons. The van der Waals surface area contributed by atoms with E-state index in [9.17, 15) is 0 Å². The summed E-state index contributed by atoms with van der Waals surface area (Å²) in [7, 11) is 0. The zero-order valence-corrected chi connectivity index (χ0v) is 36.8. The van der Waals surface area contributed by atoms with Crippen LogP contribution in [0.2, 0.25) is 0 Å². The molecule has 0 aliphatic rings. The van der Waals surface area contributed by atoms with Gasteiger partial charge in [0.25, 0.3) is 0 Å². The molecule has 10 aromatic carbocycles. The largest absolute Gasteiger partial charge is 0.454 e. The lowest BCUT2D eigenvalue weighted by Crippen LogP contribution is -2.01. The van der Waals surface area contributed by atoms with Crippen molar-refractivity contribution in [3.05, 3.63) is 243 Å². The first-order chi connectivity index (χ1) is 33.7. The minimum Gasteiger partial charge on any atom is -0.454 e. The van der Waals surface area contributed by atoms with Crippen LogP contribution in [-0.2, 0) is 0 Å². The highest BCUT2D eigenvalue weighted by Crippen LogP contribution is 2.46. The molecular weight excluding hydrogens is 829 g/mol. The maximum Gasteiger partial charge on any atom is 0.164 e. The number of aromatic nitrogens is 4. The van der Waals surface area contributed by atoms with Gasteiger partial charge in [0.05, 0.1) is 11.0 Å². The Morgan fingerprint density at radius 2 is 0.824 bits per heavy atom. The highest BCUT2D eigenvalue weighted by atomic mass is 16.3. The summed E-state index contributed by atoms with van der Waals surface area (Å²) in [6, 6.07) is 85.1. The van der Waals surface area contributed by atoms with Crippen molar-refractivity contribution in [2.75, 3.05) is 0 Å². The standard InChI is InChI=1S/C63H40N4O/c1-6-19-41(20-7-1)48-35-33-45(39-54(48)42-21-8-2-9-22-42)46-34-36-49(55(40-46)63-65-61(43-23-10-3-11-24-43)64-62(66-63)44-25-12-4-13-26-44)51-30-18-32-57-58(51)53-38-37-52-50-29-16-17-31-56(50)67(59(52)60(53)68-57)47-27-14-5-15-28-47/h1-40H. The number of benzene rings is 10. The summed E-state index contributed by atoms with van der Waals surface area (Å²) in [5, 5.41) is 4.38. The lowest BCUT2D eigenvalue weighted by Gasteiger charge is -2.16. The molecule has 0 N–H and O–H groups in total. The molecule has 0 spiro atoms. The van der Waals surface area contributed by atoms with E-state index in [-0.39, 0.29) is 0 Å². The molecule has 13 aromatic rings. The van der Waals surface area contributed by atoms with E-state index >= 15 is 0 Å². The monoisotopic (exact) mass is 868 g/mol. The third-order valence-corrected chi connectivity index (χ3v) is 13.1. The Morgan fingerprint density at radius 1 is 0.309 bits per heavy atom. The van der Waals surface area contributed by atoms with E-state index in [2.05, 4.69) is 211 Å². The summed E-state index contributed by atoms with van der Waals surface area (Å²) < 4.78 is 9.39. The number of fused-ring (bicyclic) bond motifs is 7. The molecule has 0 atom stereocenters. The second-order valence-corrected chi connectivity index (χ2v) is 17.1. The van der Waals surface area contributed by atoms with Gasteiger partial charge in [0.2, 0.25) is 0 Å². The van der Waals surface area contributed by atoms with Crippen LogP contribution in [0.25, 0.3) is 128 Å². The van der Waals surface area contributed by atoms with Crippen molar-refractivity contribution >= 4 is 43.7 Å². The van der Waals surface area contributed by atoms with E-state index in [0.717, 1.165) is 94.1 Å². The zero-order chi connectivity index (χ0) is 45.0. The first-order valence-electron chi connectivity index (χ1n) is 22.9. The van der Waals surface area contributed by atoms with Crippen molar-refractivity contribution in [2.24, 2.45) is 0 Å². The van der Waals surface area contributed by atoms with Crippen LogP contribution in [-0.4, -0.2) is 19.5 Å². The molecule has 0 fully saturated rings. The molecule has 0 amide bonds. The van der Waals surface area contributed by atoms with Crippen LogP contribution < -0.4 is 0 Å². The van der Waals surface area contributed by atoms with Gasteiger partial charge in [0.1, 0.15) is 5.58 Å². The molecule has 3 aromatic heterocycles. The van der Waals surface area contributed by atoms with E-state index in [4.69, 9.17) is 19.4 Å². The van der Waals surface area contributed by atoms with Crippen LogP contribution in [0.3, 0.4) is 0 Å². The van der Waals surface area contributed by atoms with Crippen LogP contribution in [0, 0.1) is 0 Å². The van der Waals surface area contributed by atoms with Crippen molar-refractivity contribution in [1.29, 1.82) is 0 Å². The quantitative estimate of drug-likeness (QED) is 0.153. The van der Waals surface area contributed by atoms with Crippen LogP contribution in [0.5, 0.6) is 0 Å². The SMILES string of the molecule is c1ccc(-c2nc(-c3ccccc3)nc(-c3cc(-c4ccc(-c5ccccc5)c(-c5ccccc5)c4)ccc3-c3cccc4oc5c(ccc6c7ccccc7n(-c7ccccc7)c65)c34)n2)cc1. The van der Waals surface area contributed by atoms with Gasteiger partial charge in [0.15, 0.2) is 23.1 Å². The summed E-state index contributed by atoms with van der Waals surface area (Å²) in [4.78, 5) is 15.8. The van der Waals surface area contributed by atoms with Crippen molar-refractivity contribution in [1.82, 2.24) is 19.5 Å². The van der Waals surface area contributed by atoms with Gasteiger partial charge in [-0.2, -0.15) is 0 Å². The Kier molecular flexibility index (Phi) is 9.43. The fourth-order valence-electron chi connectivity index (χ4n) is 9.92. The van der Waals surface area contributed by atoms with E-state index in [0.29, 0.717) is 17.5 Å². The van der Waals surface area contributed by atoms with Gasteiger partial charge in [-0.3, -0.25) is 0 Å². The molecule has 13 rings (SSSR count). The van der Waals surface area contributed by atoms with Crippen molar-refractivity contribution in [2.45, 2.75) is 0 Å². The molecule has 68 heavy (non-hydrogen) atoms. The maximum absolute atomic E-state index is 7.05. The molecule has 0 bridgehead atoms. The Labute approximate surface area is 392 Å². The first-order valence-corrected chi connectivity index (χ1v) is 22.9. The average molecular weight is 869 g/mol. The Bertz CT molecular complexity index is 3940. The molecular formula is C63H40N4O. The van der Waals surface area contributed by atoms with Crippen LogP contribution in [0.4, 0.5) is 0 Å². The van der Waals surface area contributed by atoms with Gasteiger partial charge in [-0.25, -0.2) is 15.0 Å². The molecule has 5 nitrogen and oxygen atoms in total. The molecule has 5 heteroatoms. The van der Waals surface area contributed by atoms with E-state index < -0.39 is 0 Å². The molecule has 3 heterocycles. The smallest absolute Gasteiger partial charge is 0.164 e. The summed E-state index contributed by atoms with van der Waals surface area (Å²) in [6.07, 6.45) is 0. The Hall–Kier alpha value is -9.19. The third kappa shape index (κ3) is 6.68. The second kappa shape index (κ2) is 16.4. The first kappa shape index (κ1) is 39.2. The summed E-state index contributed by atoms with van der Waals surface area (Å²) in [5.41, 5.74) is 16.4. The van der Waals surface area contributed by atoms with Gasteiger partial charge in [-0.15, -0.1) is 0 Å². The third-order valence-electron chi connectivity index (χ3n) is 13.1. The number of rotatable bonds is 8. The van der Waals surface area contributed by atoms with Gasteiger partial charge in [-0.05, 0) is 87.0 Å². The molecule has 0 saturated carbocycles. The molecule has 0 aliphatic carbocycles. The Balaban J connectivity index is 1.08. The number of furan rings is 1. The number of hydrogen-bond donors (Lipinski definition) is 0. The van der Waals surface area contributed by atoms with E-state index in [1.54, 1.807) is 0 Å². The number of hydrogen-bond acceptors (Lipinski definition) is 4. The molecule has 0 saturated heterocycles. The van der Waals surface area contributed by atoms with Crippen LogP contribution >= 0.6 is 0 Å². The van der Waals surface area contributed by atoms with Crippen molar-refractivity contribution in [3.63, 3.8) is 0 Å². The summed E-state index contributed by atoms with van der Waals surface area (Å²) in [6.45, 7) is 0. The topological polar surface area (TPSA) is 56.7 Å². The fraction of sp³-hybridized carbons (Fsp3) is 0. The van der Waals surface area contributed by atoms with Gasteiger partial charge < -0.3 is 8.98 Å². The van der Waals surface area contributed by atoms with Gasteiger partial charge in [0, 0.05) is 43.9 Å². The van der Waals surface area contributed by atoms with Crippen LogP contribution in [0.15, 0.2) is 247 Å². The van der Waals surface area contributed by atoms with Gasteiger partial charge in [-0.1, -0.05) is 200 Å². The second-order valence-electron chi connectivity index (χ2n) is 17.1. The lowest BCUT2D eigenvalue weighted by molar-refractivity contribution is 0.671. The highest BCUT2D eigenvalue weighted by Gasteiger charge is 2.24. The minimum atomic E-state index is 0.579. The van der Waals surface area contributed by atoms with Gasteiger partial charge >= 0.3 is 0 Å². The summed E-state index contributed by atoms with van der Waals surface area (Å²) in [5.74, 6) is 1.79. The molecule has 0 unspecified atom stereocenters. The normalized spacial score (nSPS) is 11.5. The lowest BCUT2D eigenvalue weighted by atomic mass is 9.89. The predicted octanol–water partition coefficient (Wildman–Crippen LogP) is 16.5. The number of para-hydroxylation sites is 2. The summed E-state index contributed by atoms with van der Waals surface area (Å²) >= 11 is 0. The van der Waals surface area contributed by atoms with Crippen molar-refractivity contribution < 1.29 is 4.42 Å². The minimum absolute atomic E-state index is 0.579. The molecule has 0 radical (unpaired) electrons. The van der Waals surface area contributed by atoms with Crippen LogP contribution in [0.1, 0.15) is 0 Å². The van der Waals surface area contributed by atoms with Crippen molar-refractivity contribution in [3.8, 4) is 84.4 Å². The van der Waals surface area contributed by atoms with E-state index in [1.807, 2.05) is 36.4 Å². The molecule has 0 aliphatic heterocycles. The maximum atomic E-state index is 7.05. The predicted molar refractivity (Wildman–Crippen MR) is 279 cm³/mol. The highest BCUT2D eigenvalue weighted by molar-refractivity contribution is 6.24. The zero-order valence-electron chi connectivity index (χ0n) is 36.8. The Morgan fingerprint density at radius 3 is 1.47 bits per heavy atom. The average Bonchev–Trinajstić information content (AvgIpc) is 3.98. The number of nitrogens with zero attached hydrogens (tertiary/aromatic N) is 4.